The zero-order valence-corrected chi connectivity index (χ0v) is 18.7. The molecule has 1 aromatic carbocycles. The minimum Gasteiger partial charge on any atom is -0.495 e. The first kappa shape index (κ1) is 23.5. The van der Waals surface area contributed by atoms with Crippen molar-refractivity contribution in [3.05, 3.63) is 57.5 Å². The van der Waals surface area contributed by atoms with Crippen molar-refractivity contribution in [2.75, 3.05) is 7.11 Å². The largest absolute Gasteiger partial charge is 0.495 e. The Balaban J connectivity index is 2.18. The molecule has 32 heavy (non-hydrogen) atoms. The Morgan fingerprint density at radius 3 is 2.50 bits per heavy atom. The van der Waals surface area contributed by atoms with E-state index in [-0.39, 0.29) is 22.6 Å². The summed E-state index contributed by atoms with van der Waals surface area (Å²) in [4.78, 5) is 25.8. The SMILES string of the molecule is COc1cn(/C(=C/C2CC2(F)F)C(=O)OC(C)(C)C)c(=O)cc1-c1cc(Cl)ccc1C#N. The van der Waals surface area contributed by atoms with E-state index in [9.17, 15) is 23.6 Å². The maximum atomic E-state index is 13.6. The van der Waals surface area contributed by atoms with Gasteiger partial charge in [0.05, 0.1) is 24.9 Å². The number of esters is 1. The van der Waals surface area contributed by atoms with E-state index in [1.54, 1.807) is 20.8 Å². The van der Waals surface area contributed by atoms with Gasteiger partial charge in [-0.3, -0.25) is 9.36 Å². The van der Waals surface area contributed by atoms with Crippen LogP contribution in [0.4, 0.5) is 8.78 Å². The summed E-state index contributed by atoms with van der Waals surface area (Å²) in [5.74, 6) is -4.90. The van der Waals surface area contributed by atoms with Crippen LogP contribution in [0.25, 0.3) is 16.8 Å². The molecule has 1 aliphatic carbocycles. The van der Waals surface area contributed by atoms with Crippen molar-refractivity contribution >= 4 is 23.3 Å². The molecule has 1 heterocycles. The molecule has 1 fully saturated rings. The van der Waals surface area contributed by atoms with E-state index in [1.165, 1.54) is 31.5 Å². The summed E-state index contributed by atoms with van der Waals surface area (Å²) >= 11 is 6.06. The van der Waals surface area contributed by atoms with E-state index in [0.717, 1.165) is 16.7 Å². The number of benzene rings is 1. The normalized spacial score (nSPS) is 17.4. The molecular weight excluding hydrogens is 442 g/mol. The first-order valence-corrected chi connectivity index (χ1v) is 10.1. The van der Waals surface area contributed by atoms with Gasteiger partial charge in [-0.1, -0.05) is 11.6 Å². The number of pyridine rings is 1. The lowest BCUT2D eigenvalue weighted by atomic mass is 10.0. The van der Waals surface area contributed by atoms with E-state index in [0.29, 0.717) is 10.6 Å². The number of ether oxygens (including phenoxy) is 2. The second-order valence-electron chi connectivity index (χ2n) is 8.39. The minimum absolute atomic E-state index is 0.139. The summed E-state index contributed by atoms with van der Waals surface area (Å²) in [5.41, 5.74) is -1.04. The summed E-state index contributed by atoms with van der Waals surface area (Å²) in [6, 6.07) is 7.74. The maximum absolute atomic E-state index is 13.6. The van der Waals surface area contributed by atoms with E-state index >= 15 is 0 Å². The second-order valence-corrected chi connectivity index (χ2v) is 8.83. The highest BCUT2D eigenvalue weighted by atomic mass is 35.5. The molecule has 0 saturated heterocycles. The van der Waals surface area contributed by atoms with Gasteiger partial charge in [-0.2, -0.15) is 5.26 Å². The quantitative estimate of drug-likeness (QED) is 0.467. The molecule has 0 aliphatic heterocycles. The van der Waals surface area contributed by atoms with E-state index in [2.05, 4.69) is 0 Å². The van der Waals surface area contributed by atoms with Crippen molar-refractivity contribution in [2.45, 2.75) is 38.7 Å². The number of aromatic nitrogens is 1. The van der Waals surface area contributed by atoms with Gasteiger partial charge < -0.3 is 9.47 Å². The third-order valence-electron chi connectivity index (χ3n) is 4.73. The minimum atomic E-state index is -2.94. The van der Waals surface area contributed by atoms with Crippen LogP contribution in [0.2, 0.25) is 5.02 Å². The van der Waals surface area contributed by atoms with Gasteiger partial charge in [-0.25, -0.2) is 13.6 Å². The summed E-state index contributed by atoms with van der Waals surface area (Å²) in [5, 5.41) is 9.77. The van der Waals surface area contributed by atoms with Crippen LogP contribution in [-0.2, 0) is 9.53 Å². The number of halogens is 3. The molecule has 0 N–H and O–H groups in total. The Morgan fingerprint density at radius 2 is 1.97 bits per heavy atom. The van der Waals surface area contributed by atoms with Crippen LogP contribution in [0, 0.1) is 17.2 Å². The first-order chi connectivity index (χ1) is 14.9. The molecule has 0 radical (unpaired) electrons. The van der Waals surface area contributed by atoms with Gasteiger partial charge in [0.1, 0.15) is 17.0 Å². The monoisotopic (exact) mass is 462 g/mol. The molecule has 168 valence electrons. The number of allylic oxidation sites excluding steroid dienone is 1. The van der Waals surface area contributed by atoms with Crippen LogP contribution in [-0.4, -0.2) is 29.2 Å². The molecule has 1 aromatic heterocycles. The van der Waals surface area contributed by atoms with Crippen LogP contribution in [0.5, 0.6) is 5.75 Å². The van der Waals surface area contributed by atoms with Crippen LogP contribution in [0.15, 0.2) is 41.3 Å². The Labute approximate surface area is 188 Å². The Hall–Kier alpha value is -3.18. The van der Waals surface area contributed by atoms with Gasteiger partial charge in [0.15, 0.2) is 0 Å². The van der Waals surface area contributed by atoms with Crippen molar-refractivity contribution in [3.63, 3.8) is 0 Å². The third-order valence-corrected chi connectivity index (χ3v) is 4.97. The highest BCUT2D eigenvalue weighted by Gasteiger charge is 2.56. The number of carbonyl (C=O) groups excluding carboxylic acids is 1. The number of nitriles is 1. The van der Waals surface area contributed by atoms with Gasteiger partial charge in [0.2, 0.25) is 0 Å². The lowest BCUT2D eigenvalue weighted by molar-refractivity contribution is -0.147. The highest BCUT2D eigenvalue weighted by Crippen LogP contribution is 2.50. The summed E-state index contributed by atoms with van der Waals surface area (Å²) in [6.45, 7) is 4.88. The maximum Gasteiger partial charge on any atom is 0.355 e. The Morgan fingerprint density at radius 1 is 1.31 bits per heavy atom. The van der Waals surface area contributed by atoms with Gasteiger partial charge in [0, 0.05) is 34.6 Å². The topological polar surface area (TPSA) is 81.3 Å². The number of rotatable bonds is 5. The number of methoxy groups -OCH3 is 1. The average molecular weight is 463 g/mol. The molecule has 2 aromatic rings. The fourth-order valence-corrected chi connectivity index (χ4v) is 3.27. The smallest absolute Gasteiger partial charge is 0.355 e. The third kappa shape index (κ3) is 5.00. The van der Waals surface area contributed by atoms with Gasteiger partial charge >= 0.3 is 5.97 Å². The number of hydrogen-bond acceptors (Lipinski definition) is 5. The van der Waals surface area contributed by atoms with E-state index in [4.69, 9.17) is 21.1 Å². The molecule has 3 rings (SSSR count). The fourth-order valence-electron chi connectivity index (χ4n) is 3.10. The van der Waals surface area contributed by atoms with Gasteiger partial charge in [0.25, 0.3) is 11.5 Å². The molecular formula is C23H21ClF2N2O4. The van der Waals surface area contributed by atoms with Crippen LogP contribution >= 0.6 is 11.6 Å². The molecule has 0 amide bonds. The predicted octanol–water partition coefficient (Wildman–Crippen LogP) is 4.89. The molecule has 0 bridgehead atoms. The lowest BCUT2D eigenvalue weighted by Crippen LogP contribution is -2.29. The number of hydrogen-bond donors (Lipinski definition) is 0. The zero-order valence-electron chi connectivity index (χ0n) is 17.9. The Kier molecular flexibility index (Phi) is 6.16. The van der Waals surface area contributed by atoms with Crippen molar-refractivity contribution in [2.24, 2.45) is 5.92 Å². The molecule has 1 saturated carbocycles. The standard InChI is InChI=1S/C23H21ClF2N2O4/c1-22(2,3)32-21(30)18(7-14-10-23(14,25)26)28-12-19(31-4)17(9-20(28)29)16-8-15(24)6-5-13(16)11-27/h5-9,12,14H,10H2,1-4H3/b18-7+. The van der Waals surface area contributed by atoms with E-state index in [1.807, 2.05) is 6.07 Å². The molecule has 6 nitrogen and oxygen atoms in total. The van der Waals surface area contributed by atoms with Gasteiger partial charge in [-0.15, -0.1) is 0 Å². The fraction of sp³-hybridized carbons (Fsp3) is 0.348. The van der Waals surface area contributed by atoms with Crippen LogP contribution < -0.4 is 10.3 Å². The van der Waals surface area contributed by atoms with Crippen molar-refractivity contribution < 1.29 is 23.0 Å². The number of alkyl halides is 2. The van der Waals surface area contributed by atoms with Gasteiger partial charge in [-0.05, 0) is 45.0 Å². The van der Waals surface area contributed by atoms with Crippen LogP contribution in [0.1, 0.15) is 32.8 Å². The first-order valence-electron chi connectivity index (χ1n) is 9.70. The predicted molar refractivity (Wildman–Crippen MR) is 116 cm³/mol. The van der Waals surface area contributed by atoms with Crippen molar-refractivity contribution in [1.29, 1.82) is 5.26 Å². The Bertz CT molecular complexity index is 1210. The second kappa shape index (κ2) is 8.40. The summed E-state index contributed by atoms with van der Waals surface area (Å²) < 4.78 is 38.8. The summed E-state index contributed by atoms with van der Waals surface area (Å²) in [6.07, 6.45) is 1.85. The molecule has 0 spiro atoms. The molecule has 1 aliphatic rings. The van der Waals surface area contributed by atoms with Crippen molar-refractivity contribution in [3.8, 4) is 22.9 Å². The highest BCUT2D eigenvalue weighted by molar-refractivity contribution is 6.31. The molecule has 1 atom stereocenters. The summed E-state index contributed by atoms with van der Waals surface area (Å²) in [7, 11) is 1.34. The van der Waals surface area contributed by atoms with Crippen LogP contribution in [0.3, 0.4) is 0 Å². The molecule has 1 unspecified atom stereocenters. The zero-order chi connectivity index (χ0) is 23.8. The van der Waals surface area contributed by atoms with Crippen molar-refractivity contribution in [1.82, 2.24) is 4.57 Å². The number of carbonyl (C=O) groups is 1. The molecule has 9 heteroatoms. The number of nitrogens with zero attached hydrogens (tertiary/aromatic N) is 2. The average Bonchev–Trinajstić information content (AvgIpc) is 3.30. The van der Waals surface area contributed by atoms with E-state index < -0.39 is 35.4 Å². The lowest BCUT2D eigenvalue weighted by Gasteiger charge is -2.22.